The number of rotatable bonds is 3. The normalized spacial score (nSPS) is 9.56. The summed E-state index contributed by atoms with van der Waals surface area (Å²) < 4.78 is 14.0. The van der Waals surface area contributed by atoms with Crippen LogP contribution in [-0.4, -0.2) is 66.5 Å². The maximum absolute atomic E-state index is 11.0. The summed E-state index contributed by atoms with van der Waals surface area (Å²) in [5.41, 5.74) is 7.10. The third kappa shape index (κ3) is 26.4. The molecule has 3 radical (unpaired) electrons. The van der Waals surface area contributed by atoms with E-state index in [0.717, 1.165) is 45.6 Å². The molecule has 257 valence electrons. The average molecular weight is 792 g/mol. The molecule has 0 unspecified atom stereocenters. The van der Waals surface area contributed by atoms with Crippen LogP contribution in [0.5, 0.6) is 0 Å². The quantitative estimate of drug-likeness (QED) is 0.101. The smallest absolute Gasteiger partial charge is 1.00 e. The zero-order valence-corrected chi connectivity index (χ0v) is 35.1. The Balaban J connectivity index is -0.000000259. The fourth-order valence-corrected chi connectivity index (χ4v) is 3.71. The molecule has 4 heterocycles. The predicted octanol–water partition coefficient (Wildman–Crippen LogP) is 4.59. The first-order chi connectivity index (χ1) is 21.3. The Morgan fingerprint density at radius 3 is 1.21 bits per heavy atom. The second kappa shape index (κ2) is 26.3. The van der Waals surface area contributed by atoms with Crippen molar-refractivity contribution in [2.45, 2.75) is 67.9 Å². The topological polar surface area (TPSA) is 167 Å². The molecule has 0 saturated heterocycles. The molecule has 4 aromatic heterocycles. The first-order valence-corrected chi connectivity index (χ1v) is 18.5. The zero-order chi connectivity index (χ0) is 35.6. The summed E-state index contributed by atoms with van der Waals surface area (Å²) in [6.45, 7) is 14.9. The van der Waals surface area contributed by atoms with Crippen molar-refractivity contribution in [3.63, 3.8) is 0 Å². The standard InChI is InChI=1S/C8H10N2O2.C7H9ClN2.C7H10N2O.C6H7ClN2.B.Cl3OP.Na.H/c1-5-4-6(2)10-7(9-5)8(11)12-3;1-5-3-6(2)10-7(4-8)9-5;1-5-3-6(2)9-7(4-10)8-5;1-4-3-5(2)9-6(7)8-4;;1-5(2,3)4;;/h4H,1-3H3;3H,4H2,1-2H3;3,10H,4H2,1-2H3;3H,1-2H3;;;;/q;;;;;;+1;-1. The number of aromatic nitrogens is 8. The van der Waals surface area contributed by atoms with Gasteiger partial charge in [0.15, 0.2) is 5.82 Å². The molecular formula is C28H37BCl5N8NaO4P. The maximum Gasteiger partial charge on any atom is 1.00 e. The molecule has 0 spiro atoms. The van der Waals surface area contributed by atoms with Gasteiger partial charge in [-0.1, -0.05) is 0 Å². The minimum absolute atomic E-state index is 0. The number of aryl methyl sites for hydroxylation is 8. The molecule has 0 aromatic carbocycles. The summed E-state index contributed by atoms with van der Waals surface area (Å²) in [5, 5.41) is 5.77. The Morgan fingerprint density at radius 2 is 0.958 bits per heavy atom. The summed E-state index contributed by atoms with van der Waals surface area (Å²) in [6.07, 6.45) is 0. The third-order valence-corrected chi connectivity index (χ3v) is 5.03. The number of hydrogen-bond acceptors (Lipinski definition) is 12. The molecule has 4 rings (SSSR count). The van der Waals surface area contributed by atoms with Gasteiger partial charge >= 0.3 is 40.7 Å². The molecule has 1 N–H and O–H groups in total. The summed E-state index contributed by atoms with van der Waals surface area (Å²) in [4.78, 5) is 42.8. The minimum Gasteiger partial charge on any atom is -1.00 e. The number of aliphatic hydroxyl groups is 1. The van der Waals surface area contributed by atoms with Crippen molar-refractivity contribution in [2.75, 3.05) is 7.11 Å². The molecular weight excluding hydrogens is 754 g/mol. The Kier molecular flexibility index (Phi) is 27.9. The van der Waals surface area contributed by atoms with Gasteiger partial charge in [-0.25, -0.2) is 44.7 Å². The van der Waals surface area contributed by atoms with Crippen molar-refractivity contribution >= 4 is 76.5 Å². The SMILES string of the molecule is COC(=O)c1nc(C)cc(C)n1.Cc1cc(C)nc(CCl)n1.Cc1cc(C)nc(CO)n1.Cc1cc(C)nc(Cl)n1.O=P(Cl)(Cl)Cl.[B].[H-].[Na+]. The number of carbonyl (C=O) groups excluding carboxylic acids is 1. The van der Waals surface area contributed by atoms with Crippen LogP contribution in [0.15, 0.2) is 24.3 Å². The number of halogens is 5. The second-order valence-corrected chi connectivity index (χ2v) is 16.5. The molecule has 4 aromatic rings. The Labute approximate surface area is 331 Å². The molecule has 48 heavy (non-hydrogen) atoms. The minimum atomic E-state index is -3.22. The number of alkyl halides is 1. The van der Waals surface area contributed by atoms with Gasteiger partial charge in [0.2, 0.25) is 11.1 Å². The van der Waals surface area contributed by atoms with Crippen LogP contribution >= 0.6 is 62.1 Å². The van der Waals surface area contributed by atoms with Crippen molar-refractivity contribution < 1.29 is 50.2 Å². The number of ether oxygens (including phenoxy) is 1. The Morgan fingerprint density at radius 1 is 0.688 bits per heavy atom. The molecule has 20 heteroatoms. The van der Waals surface area contributed by atoms with E-state index in [-0.39, 0.29) is 51.8 Å². The molecule has 0 aliphatic rings. The van der Waals surface area contributed by atoms with Gasteiger partial charge in [-0.05, 0) is 125 Å². The van der Waals surface area contributed by atoms with E-state index in [9.17, 15) is 9.36 Å². The molecule has 0 amide bonds. The molecule has 0 bridgehead atoms. The number of carbonyl (C=O) groups is 1. The third-order valence-electron chi connectivity index (χ3n) is 4.62. The van der Waals surface area contributed by atoms with E-state index in [4.69, 9.17) is 28.3 Å². The number of hydrogen-bond donors (Lipinski definition) is 1. The largest absolute Gasteiger partial charge is 1.00 e. The van der Waals surface area contributed by atoms with Crippen LogP contribution in [0.3, 0.4) is 0 Å². The average Bonchev–Trinajstić information content (AvgIpc) is 2.90. The van der Waals surface area contributed by atoms with E-state index in [0.29, 0.717) is 22.8 Å². The van der Waals surface area contributed by atoms with E-state index in [1.165, 1.54) is 7.11 Å². The summed E-state index contributed by atoms with van der Waals surface area (Å²) in [6, 6.07) is 7.48. The van der Waals surface area contributed by atoms with Gasteiger partial charge in [0, 0.05) is 54.0 Å². The fourth-order valence-electron chi connectivity index (χ4n) is 3.32. The van der Waals surface area contributed by atoms with Crippen molar-refractivity contribution in [1.82, 2.24) is 39.9 Å². The number of nitrogens with zero attached hydrogens (tertiary/aromatic N) is 8. The van der Waals surface area contributed by atoms with Crippen molar-refractivity contribution in [3.8, 4) is 0 Å². The van der Waals surface area contributed by atoms with Gasteiger partial charge in [0.05, 0.1) is 13.0 Å². The summed E-state index contributed by atoms with van der Waals surface area (Å²) in [7, 11) is 1.31. The first-order valence-electron chi connectivity index (χ1n) is 13.1. The molecule has 0 atom stereocenters. The van der Waals surface area contributed by atoms with Crippen LogP contribution in [-0.2, 0) is 21.8 Å². The van der Waals surface area contributed by atoms with E-state index in [1.807, 2.05) is 59.7 Å². The van der Waals surface area contributed by atoms with Crippen LogP contribution in [0.4, 0.5) is 0 Å². The van der Waals surface area contributed by atoms with Gasteiger partial charge in [-0.3, -0.25) is 4.57 Å². The molecule has 0 saturated carbocycles. The number of methoxy groups -OCH3 is 1. The number of esters is 1. The van der Waals surface area contributed by atoms with E-state index in [1.54, 1.807) is 19.9 Å². The van der Waals surface area contributed by atoms with Gasteiger partial charge in [0.1, 0.15) is 12.4 Å². The van der Waals surface area contributed by atoms with Crippen LogP contribution in [0.2, 0.25) is 5.28 Å². The van der Waals surface area contributed by atoms with Crippen molar-refractivity contribution in [2.24, 2.45) is 0 Å². The monoisotopic (exact) mass is 789 g/mol. The molecule has 12 nitrogen and oxygen atoms in total. The predicted molar refractivity (Wildman–Crippen MR) is 190 cm³/mol. The molecule has 0 fully saturated rings. The fraction of sp³-hybridized carbons (Fsp3) is 0.393. The molecule has 0 aliphatic heterocycles. The summed E-state index contributed by atoms with van der Waals surface area (Å²) in [5.74, 6) is 1.22. The van der Waals surface area contributed by atoms with Gasteiger partial charge < -0.3 is 11.3 Å². The van der Waals surface area contributed by atoms with E-state index in [2.05, 4.69) is 78.3 Å². The van der Waals surface area contributed by atoms with Crippen LogP contribution in [0.25, 0.3) is 0 Å². The van der Waals surface area contributed by atoms with Crippen LogP contribution in [0.1, 0.15) is 69.2 Å². The second-order valence-electron chi connectivity index (χ2n) is 9.21. The Hall–Kier alpha value is -1.51. The first kappa shape index (κ1) is 50.9. The zero-order valence-electron chi connectivity index (χ0n) is 29.4. The van der Waals surface area contributed by atoms with Crippen LogP contribution < -0.4 is 29.6 Å². The van der Waals surface area contributed by atoms with Gasteiger partial charge in [-0.15, -0.1) is 11.6 Å². The van der Waals surface area contributed by atoms with Crippen molar-refractivity contribution in [3.05, 3.63) is 92.6 Å². The van der Waals surface area contributed by atoms with Gasteiger partial charge in [0.25, 0.3) is 0 Å². The summed E-state index contributed by atoms with van der Waals surface area (Å²) >= 11 is 24.9. The van der Waals surface area contributed by atoms with Crippen molar-refractivity contribution in [1.29, 1.82) is 0 Å². The maximum atomic E-state index is 11.0. The molecule has 0 aliphatic carbocycles. The number of aliphatic hydroxyl groups excluding tert-OH is 1. The van der Waals surface area contributed by atoms with E-state index < -0.39 is 11.2 Å². The van der Waals surface area contributed by atoms with Crippen LogP contribution in [0, 0.1) is 55.4 Å². The van der Waals surface area contributed by atoms with Gasteiger partial charge in [-0.2, -0.15) is 0 Å². The Bertz CT molecular complexity index is 1460. The van der Waals surface area contributed by atoms with E-state index >= 15 is 0 Å².